The monoisotopic (exact) mass is 198 g/mol. The van der Waals surface area contributed by atoms with E-state index in [9.17, 15) is 0 Å². The van der Waals surface area contributed by atoms with Gasteiger partial charge in [-0.3, -0.25) is 4.90 Å². The fourth-order valence-corrected chi connectivity index (χ4v) is 2.20. The van der Waals surface area contributed by atoms with Crippen molar-refractivity contribution in [3.8, 4) is 0 Å². The van der Waals surface area contributed by atoms with Crippen LogP contribution in [-0.4, -0.2) is 24.0 Å². The summed E-state index contributed by atoms with van der Waals surface area (Å²) in [4.78, 5) is 3.65. The maximum atomic E-state index is 5.93. The van der Waals surface area contributed by atoms with E-state index in [4.69, 9.17) is 5.73 Å². The zero-order chi connectivity index (χ0) is 9.90. The molecule has 0 amide bonds. The fraction of sp³-hybridized carbons (Fsp3) is 0.600. The van der Waals surface area contributed by atoms with Gasteiger partial charge in [-0.25, -0.2) is 0 Å². The summed E-state index contributed by atoms with van der Waals surface area (Å²) < 4.78 is 0. The van der Waals surface area contributed by atoms with E-state index >= 15 is 0 Å². The second kappa shape index (κ2) is 4.22. The number of likely N-dealkylation sites (N-methyl/N-ethyl adjacent to an activating group) is 1. The molecule has 1 heterocycles. The van der Waals surface area contributed by atoms with Gasteiger partial charge < -0.3 is 5.73 Å². The molecule has 0 saturated heterocycles. The number of thiophene rings is 1. The molecule has 0 aliphatic rings. The van der Waals surface area contributed by atoms with Crippen LogP contribution in [0.4, 0.5) is 0 Å². The summed E-state index contributed by atoms with van der Waals surface area (Å²) in [5.41, 5.74) is 5.82. The summed E-state index contributed by atoms with van der Waals surface area (Å²) in [7, 11) is 2.11. The lowest BCUT2D eigenvalue weighted by Crippen LogP contribution is -2.43. The smallest absolute Gasteiger partial charge is 0.0325 e. The van der Waals surface area contributed by atoms with Crippen LogP contribution in [-0.2, 0) is 6.54 Å². The number of nitrogens with zero attached hydrogens (tertiary/aromatic N) is 1. The summed E-state index contributed by atoms with van der Waals surface area (Å²) in [5, 5.41) is 2.11. The van der Waals surface area contributed by atoms with Gasteiger partial charge in [0.2, 0.25) is 0 Å². The van der Waals surface area contributed by atoms with E-state index in [1.807, 2.05) is 0 Å². The Labute approximate surface area is 84.4 Å². The molecule has 0 aliphatic heterocycles. The Morgan fingerprint density at radius 3 is 2.69 bits per heavy atom. The highest BCUT2D eigenvalue weighted by Crippen LogP contribution is 2.11. The van der Waals surface area contributed by atoms with Crippen molar-refractivity contribution in [2.75, 3.05) is 13.6 Å². The van der Waals surface area contributed by atoms with Crippen LogP contribution in [0.25, 0.3) is 0 Å². The highest BCUT2D eigenvalue weighted by Gasteiger charge is 2.13. The lowest BCUT2D eigenvalue weighted by atomic mass is 10.1. The van der Waals surface area contributed by atoms with Crippen LogP contribution in [0.2, 0.25) is 0 Å². The molecule has 1 aromatic rings. The Kier molecular flexibility index (Phi) is 3.47. The van der Waals surface area contributed by atoms with Crippen molar-refractivity contribution < 1.29 is 0 Å². The molecule has 0 saturated carbocycles. The van der Waals surface area contributed by atoms with Crippen LogP contribution in [0.3, 0.4) is 0 Å². The number of rotatable bonds is 4. The molecule has 0 aliphatic carbocycles. The molecule has 13 heavy (non-hydrogen) atoms. The molecule has 0 atom stereocenters. The molecule has 0 bridgehead atoms. The summed E-state index contributed by atoms with van der Waals surface area (Å²) >= 11 is 1.79. The molecule has 1 rings (SSSR count). The Hall–Kier alpha value is -0.380. The van der Waals surface area contributed by atoms with Crippen LogP contribution in [0.1, 0.15) is 18.7 Å². The lowest BCUT2D eigenvalue weighted by Gasteiger charge is -2.25. The van der Waals surface area contributed by atoms with E-state index in [0.717, 1.165) is 13.1 Å². The third-order valence-corrected chi connectivity index (χ3v) is 2.54. The minimum absolute atomic E-state index is 0.105. The molecule has 2 N–H and O–H groups in total. The molecule has 2 nitrogen and oxygen atoms in total. The molecule has 0 spiro atoms. The third-order valence-electron chi connectivity index (χ3n) is 1.68. The van der Waals surface area contributed by atoms with Crippen LogP contribution in [0.5, 0.6) is 0 Å². The van der Waals surface area contributed by atoms with Crippen LogP contribution in [0, 0.1) is 0 Å². The van der Waals surface area contributed by atoms with Gasteiger partial charge in [0.1, 0.15) is 0 Å². The van der Waals surface area contributed by atoms with Gasteiger partial charge in [-0.05, 0) is 32.3 Å². The van der Waals surface area contributed by atoms with Crippen molar-refractivity contribution in [2.24, 2.45) is 5.73 Å². The van der Waals surface area contributed by atoms with E-state index in [-0.39, 0.29) is 5.54 Å². The second-order valence-corrected chi connectivity index (χ2v) is 5.27. The van der Waals surface area contributed by atoms with Gasteiger partial charge >= 0.3 is 0 Å². The minimum Gasteiger partial charge on any atom is -0.324 e. The lowest BCUT2D eigenvalue weighted by molar-refractivity contribution is 0.265. The van der Waals surface area contributed by atoms with Gasteiger partial charge in [0, 0.05) is 23.5 Å². The predicted octanol–water partition coefficient (Wildman–Crippen LogP) is 1.92. The van der Waals surface area contributed by atoms with E-state index in [1.54, 1.807) is 11.3 Å². The Morgan fingerprint density at radius 1 is 1.54 bits per heavy atom. The average molecular weight is 198 g/mol. The van der Waals surface area contributed by atoms with Gasteiger partial charge in [0.25, 0.3) is 0 Å². The Bertz CT molecular complexity index is 236. The molecular weight excluding hydrogens is 180 g/mol. The van der Waals surface area contributed by atoms with Gasteiger partial charge in [0.15, 0.2) is 0 Å². The largest absolute Gasteiger partial charge is 0.324 e. The van der Waals surface area contributed by atoms with Crippen molar-refractivity contribution in [3.05, 3.63) is 22.4 Å². The van der Waals surface area contributed by atoms with Gasteiger partial charge in [-0.2, -0.15) is 0 Å². The summed E-state index contributed by atoms with van der Waals surface area (Å²) in [6, 6.07) is 4.24. The first-order valence-corrected chi connectivity index (χ1v) is 5.35. The molecule has 0 fully saturated rings. The van der Waals surface area contributed by atoms with Crippen LogP contribution >= 0.6 is 11.3 Å². The van der Waals surface area contributed by atoms with Gasteiger partial charge in [-0.1, -0.05) is 6.07 Å². The van der Waals surface area contributed by atoms with Crippen molar-refractivity contribution >= 4 is 11.3 Å². The van der Waals surface area contributed by atoms with Gasteiger partial charge in [-0.15, -0.1) is 11.3 Å². The zero-order valence-corrected chi connectivity index (χ0v) is 9.40. The molecule has 1 aromatic heterocycles. The maximum absolute atomic E-state index is 5.93. The van der Waals surface area contributed by atoms with Crippen molar-refractivity contribution in [2.45, 2.75) is 25.9 Å². The third kappa shape index (κ3) is 4.41. The van der Waals surface area contributed by atoms with Crippen molar-refractivity contribution in [1.82, 2.24) is 4.90 Å². The topological polar surface area (TPSA) is 29.3 Å². The quantitative estimate of drug-likeness (QED) is 0.801. The molecular formula is C10H18N2S. The second-order valence-electron chi connectivity index (χ2n) is 4.24. The number of hydrogen-bond acceptors (Lipinski definition) is 3. The summed E-state index contributed by atoms with van der Waals surface area (Å²) in [5.74, 6) is 0. The molecule has 0 radical (unpaired) electrons. The van der Waals surface area contributed by atoms with E-state index < -0.39 is 0 Å². The zero-order valence-electron chi connectivity index (χ0n) is 8.58. The Balaban J connectivity index is 2.38. The average Bonchev–Trinajstić information content (AvgIpc) is 2.34. The van der Waals surface area contributed by atoms with Gasteiger partial charge in [0.05, 0.1) is 0 Å². The van der Waals surface area contributed by atoms with E-state index in [1.165, 1.54) is 4.88 Å². The highest BCUT2D eigenvalue weighted by atomic mass is 32.1. The normalized spacial score (nSPS) is 12.4. The first-order valence-electron chi connectivity index (χ1n) is 4.47. The molecule has 3 heteroatoms. The summed E-state index contributed by atoms with van der Waals surface area (Å²) in [6.45, 7) is 6.03. The maximum Gasteiger partial charge on any atom is 0.0325 e. The van der Waals surface area contributed by atoms with Crippen molar-refractivity contribution in [3.63, 3.8) is 0 Å². The van der Waals surface area contributed by atoms with Crippen LogP contribution < -0.4 is 5.73 Å². The number of hydrogen-bond donors (Lipinski definition) is 1. The summed E-state index contributed by atoms with van der Waals surface area (Å²) in [6.07, 6.45) is 0. The minimum atomic E-state index is -0.105. The Morgan fingerprint density at radius 2 is 2.23 bits per heavy atom. The number of nitrogens with two attached hydrogens (primary N) is 1. The SMILES string of the molecule is CN(Cc1cccs1)CC(C)(C)N. The fourth-order valence-electron chi connectivity index (χ4n) is 1.42. The predicted molar refractivity (Wildman–Crippen MR) is 58.9 cm³/mol. The standard InChI is InChI=1S/C10H18N2S/c1-10(2,11)8-12(3)7-9-5-4-6-13-9/h4-6H,7-8,11H2,1-3H3. The first-order chi connectivity index (χ1) is 5.97. The van der Waals surface area contributed by atoms with E-state index in [2.05, 4.69) is 43.3 Å². The van der Waals surface area contributed by atoms with E-state index in [0.29, 0.717) is 0 Å². The highest BCUT2D eigenvalue weighted by molar-refractivity contribution is 7.09. The molecule has 0 aromatic carbocycles. The van der Waals surface area contributed by atoms with Crippen LogP contribution in [0.15, 0.2) is 17.5 Å². The first kappa shape index (κ1) is 10.7. The molecule has 0 unspecified atom stereocenters. The van der Waals surface area contributed by atoms with Crippen molar-refractivity contribution in [1.29, 1.82) is 0 Å². The molecule has 74 valence electrons.